The maximum Gasteiger partial charge on any atom is 0.357 e. The van der Waals surface area contributed by atoms with Gasteiger partial charge in [-0.25, -0.2) is 14.9 Å². The lowest BCUT2D eigenvalue weighted by Crippen LogP contribution is -2.24. The highest BCUT2D eigenvalue weighted by Gasteiger charge is 2.33. The molecule has 2 N–H and O–H groups in total. The number of carbonyl (C=O) groups excluding carboxylic acids is 1. The zero-order valence-electron chi connectivity index (χ0n) is 22.6. The van der Waals surface area contributed by atoms with Crippen LogP contribution in [0.2, 0.25) is 0 Å². The van der Waals surface area contributed by atoms with Crippen LogP contribution < -0.4 is 0 Å². The van der Waals surface area contributed by atoms with E-state index in [1.54, 1.807) is 32.3 Å². The van der Waals surface area contributed by atoms with Crippen molar-refractivity contribution in [2.75, 3.05) is 0 Å². The molecule has 0 amide bonds. The van der Waals surface area contributed by atoms with Crippen LogP contribution in [0.15, 0.2) is 48.5 Å². The Hall–Kier alpha value is -3.89. The third-order valence-corrected chi connectivity index (χ3v) is 5.84. The van der Waals surface area contributed by atoms with Gasteiger partial charge in [-0.2, -0.15) is 0 Å². The molecule has 0 bridgehead atoms. The standard InChI is InChI=1S/C28H34N6O4/c1-17(2)37-16-23-29-25(28(5,6)36)24(27(35)38-18(3)4)34(23)15-19-11-13-20(14-12-19)21-9-7-8-10-22(21)26-30-32-33-31-26/h7-14,17-18,36H,15-16H2,1-6H3,(H,30,31,32,33). The number of imidazole rings is 1. The molecule has 0 radical (unpaired) electrons. The summed E-state index contributed by atoms with van der Waals surface area (Å²) in [7, 11) is 0. The van der Waals surface area contributed by atoms with Crippen LogP contribution in [0.4, 0.5) is 0 Å². The number of rotatable bonds is 10. The van der Waals surface area contributed by atoms with Crippen molar-refractivity contribution >= 4 is 5.97 Å². The normalized spacial score (nSPS) is 11.9. The second-order valence-corrected chi connectivity index (χ2v) is 10.2. The molecule has 0 aliphatic heterocycles. The number of aromatic amines is 1. The van der Waals surface area contributed by atoms with Crippen LogP contribution in [0, 0.1) is 0 Å². The average Bonchev–Trinajstić information content (AvgIpc) is 3.51. The highest BCUT2D eigenvalue weighted by molar-refractivity contribution is 5.89. The van der Waals surface area contributed by atoms with Crippen LogP contribution in [-0.4, -0.2) is 53.5 Å². The molecule has 2 aromatic heterocycles. The van der Waals surface area contributed by atoms with Crippen molar-refractivity contribution in [3.05, 3.63) is 71.3 Å². The molecule has 0 saturated heterocycles. The van der Waals surface area contributed by atoms with Gasteiger partial charge < -0.3 is 19.1 Å². The molecule has 0 aliphatic carbocycles. The smallest absolute Gasteiger partial charge is 0.357 e. The van der Waals surface area contributed by atoms with E-state index >= 15 is 0 Å². The maximum absolute atomic E-state index is 13.2. The van der Waals surface area contributed by atoms with Crippen molar-refractivity contribution < 1.29 is 19.4 Å². The second kappa shape index (κ2) is 11.2. The van der Waals surface area contributed by atoms with Gasteiger partial charge in [-0.1, -0.05) is 48.5 Å². The van der Waals surface area contributed by atoms with Crippen LogP contribution in [-0.2, 0) is 28.2 Å². The molecule has 2 aromatic carbocycles. The van der Waals surface area contributed by atoms with E-state index in [0.29, 0.717) is 18.2 Å². The summed E-state index contributed by atoms with van der Waals surface area (Å²) in [5.74, 6) is 0.593. The molecular formula is C28H34N6O4. The molecular weight excluding hydrogens is 484 g/mol. The van der Waals surface area contributed by atoms with Crippen molar-refractivity contribution in [1.82, 2.24) is 30.2 Å². The van der Waals surface area contributed by atoms with Crippen molar-refractivity contribution in [2.45, 2.75) is 72.5 Å². The number of nitrogens with one attached hydrogen (secondary N) is 1. The monoisotopic (exact) mass is 518 g/mol. The van der Waals surface area contributed by atoms with Gasteiger partial charge in [-0.15, -0.1) is 5.10 Å². The highest BCUT2D eigenvalue weighted by atomic mass is 16.5. The summed E-state index contributed by atoms with van der Waals surface area (Å²) in [5, 5.41) is 25.1. The molecule has 2 heterocycles. The van der Waals surface area contributed by atoms with Crippen molar-refractivity contribution in [2.24, 2.45) is 0 Å². The van der Waals surface area contributed by atoms with E-state index in [9.17, 15) is 9.90 Å². The number of benzene rings is 2. The van der Waals surface area contributed by atoms with Gasteiger partial charge in [0.15, 0.2) is 11.5 Å². The molecule has 0 fully saturated rings. The van der Waals surface area contributed by atoms with Gasteiger partial charge in [0, 0.05) is 12.1 Å². The number of ether oxygens (including phenoxy) is 2. The van der Waals surface area contributed by atoms with E-state index in [2.05, 4.69) is 25.6 Å². The first-order chi connectivity index (χ1) is 18.0. The van der Waals surface area contributed by atoms with Gasteiger partial charge in [0.2, 0.25) is 0 Å². The first kappa shape index (κ1) is 27.2. The summed E-state index contributed by atoms with van der Waals surface area (Å²) in [6, 6.07) is 15.9. The number of carbonyl (C=O) groups is 1. The Bertz CT molecular complexity index is 1370. The molecule has 10 heteroatoms. The second-order valence-electron chi connectivity index (χ2n) is 10.2. The summed E-state index contributed by atoms with van der Waals surface area (Å²) in [5.41, 5.74) is 2.94. The summed E-state index contributed by atoms with van der Waals surface area (Å²) in [4.78, 5) is 17.9. The molecule has 0 saturated carbocycles. The van der Waals surface area contributed by atoms with Gasteiger partial charge >= 0.3 is 5.97 Å². The van der Waals surface area contributed by atoms with Crippen LogP contribution in [0.25, 0.3) is 22.5 Å². The Kier molecular flexibility index (Phi) is 8.03. The lowest BCUT2D eigenvalue weighted by molar-refractivity contribution is 0.0333. The molecule has 0 atom stereocenters. The van der Waals surface area contributed by atoms with Crippen LogP contribution in [0.5, 0.6) is 0 Å². The number of aromatic nitrogens is 6. The molecule has 0 aliphatic rings. The predicted octanol–water partition coefficient (Wildman–Crippen LogP) is 4.50. The van der Waals surface area contributed by atoms with Crippen LogP contribution in [0.1, 0.15) is 69.1 Å². The quantitative estimate of drug-likeness (QED) is 0.294. The van der Waals surface area contributed by atoms with E-state index in [1.165, 1.54) is 0 Å². The Morgan fingerprint density at radius 1 is 1.03 bits per heavy atom. The largest absolute Gasteiger partial charge is 0.458 e. The summed E-state index contributed by atoms with van der Waals surface area (Å²) in [6.07, 6.45) is -0.356. The van der Waals surface area contributed by atoms with Crippen LogP contribution >= 0.6 is 0 Å². The number of tetrazole rings is 1. The minimum atomic E-state index is -1.35. The third-order valence-electron chi connectivity index (χ3n) is 5.84. The SMILES string of the molecule is CC(C)OCc1nc(C(C)(C)O)c(C(=O)OC(C)C)n1Cc1ccc(-c2ccccc2-c2nnn[nH]2)cc1. The van der Waals surface area contributed by atoms with Crippen molar-refractivity contribution in [1.29, 1.82) is 0 Å². The van der Waals surface area contributed by atoms with E-state index < -0.39 is 11.6 Å². The molecule has 4 rings (SSSR count). The van der Waals surface area contributed by atoms with E-state index in [1.807, 2.05) is 62.4 Å². The highest BCUT2D eigenvalue weighted by Crippen LogP contribution is 2.31. The van der Waals surface area contributed by atoms with Crippen molar-refractivity contribution in [3.8, 4) is 22.5 Å². The minimum absolute atomic E-state index is 0.0317. The number of hydrogen-bond acceptors (Lipinski definition) is 8. The van der Waals surface area contributed by atoms with Gasteiger partial charge in [0.1, 0.15) is 23.7 Å². The van der Waals surface area contributed by atoms with Crippen molar-refractivity contribution in [3.63, 3.8) is 0 Å². The Balaban J connectivity index is 1.73. The molecule has 38 heavy (non-hydrogen) atoms. The van der Waals surface area contributed by atoms with Gasteiger partial charge in [-0.3, -0.25) is 0 Å². The summed E-state index contributed by atoms with van der Waals surface area (Å²) >= 11 is 0. The van der Waals surface area contributed by atoms with Gasteiger partial charge in [0.25, 0.3) is 0 Å². The number of esters is 1. The molecule has 0 spiro atoms. The lowest BCUT2D eigenvalue weighted by atomic mass is 9.98. The topological polar surface area (TPSA) is 128 Å². The Morgan fingerprint density at radius 3 is 2.29 bits per heavy atom. The number of hydrogen-bond donors (Lipinski definition) is 2. The predicted molar refractivity (Wildman–Crippen MR) is 142 cm³/mol. The van der Waals surface area contributed by atoms with E-state index in [0.717, 1.165) is 22.3 Å². The molecule has 10 nitrogen and oxygen atoms in total. The maximum atomic E-state index is 13.2. The first-order valence-corrected chi connectivity index (χ1v) is 12.6. The summed E-state index contributed by atoms with van der Waals surface area (Å²) < 4.78 is 13.2. The number of nitrogens with zero attached hydrogens (tertiary/aromatic N) is 5. The van der Waals surface area contributed by atoms with Crippen LogP contribution in [0.3, 0.4) is 0 Å². The fraction of sp³-hybridized carbons (Fsp3) is 0.393. The average molecular weight is 519 g/mol. The zero-order valence-corrected chi connectivity index (χ0v) is 22.6. The Labute approximate surface area is 222 Å². The van der Waals surface area contributed by atoms with E-state index in [-0.39, 0.29) is 30.2 Å². The lowest BCUT2D eigenvalue weighted by Gasteiger charge is -2.18. The third kappa shape index (κ3) is 6.15. The fourth-order valence-corrected chi connectivity index (χ4v) is 4.11. The first-order valence-electron chi connectivity index (χ1n) is 12.6. The number of aliphatic hydroxyl groups is 1. The Morgan fingerprint density at radius 2 is 1.71 bits per heavy atom. The fourth-order valence-electron chi connectivity index (χ4n) is 4.11. The zero-order chi connectivity index (χ0) is 27.4. The molecule has 4 aromatic rings. The molecule has 200 valence electrons. The summed E-state index contributed by atoms with van der Waals surface area (Å²) in [6.45, 7) is 11.2. The van der Waals surface area contributed by atoms with E-state index in [4.69, 9.17) is 9.47 Å². The minimum Gasteiger partial charge on any atom is -0.458 e. The van der Waals surface area contributed by atoms with Gasteiger partial charge in [-0.05, 0) is 68.7 Å². The number of H-pyrrole nitrogens is 1. The molecule has 0 unspecified atom stereocenters. The van der Waals surface area contributed by atoms with Gasteiger partial charge in [0.05, 0.1) is 12.2 Å².